The summed E-state index contributed by atoms with van der Waals surface area (Å²) in [5.41, 5.74) is -6.03. The third-order valence-electron chi connectivity index (χ3n) is 8.28. The lowest BCUT2D eigenvalue weighted by Gasteiger charge is -2.52. The van der Waals surface area contributed by atoms with E-state index in [0.29, 0.717) is 13.8 Å². The van der Waals surface area contributed by atoms with Crippen molar-refractivity contribution < 1.29 is 123 Å². The number of alkyl halides is 26. The monoisotopic (exact) mass is 940 g/mol. The van der Waals surface area contributed by atoms with E-state index in [0.717, 1.165) is 19.6 Å². The molecule has 0 bridgehead atoms. The van der Waals surface area contributed by atoms with Gasteiger partial charge in [0.1, 0.15) is 0 Å². The highest BCUT2D eigenvalue weighted by Gasteiger charge is 2.92. The fourth-order valence-electron chi connectivity index (χ4n) is 4.79. The van der Waals surface area contributed by atoms with Gasteiger partial charge < -0.3 is 8.85 Å². The summed E-state index contributed by atoms with van der Waals surface area (Å²) in [6, 6.07) is 0. The fourth-order valence-corrected chi connectivity index (χ4v) is 7.24. The van der Waals surface area contributed by atoms with Crippen LogP contribution in [-0.2, 0) is 8.85 Å². The first kappa shape index (κ1) is 55.5. The van der Waals surface area contributed by atoms with Gasteiger partial charge in [0.25, 0.3) is 0 Å². The SMILES string of the molecule is CC(C)(CO[Si](C)(C)C)C(CCC(F)(F)C(F)(F)C(F)(F)C(F)(F)C(F)(F)C(F)(F)F)(CCC(F)(F)C(F)(F)C(F)(F)C(F)(F)C(F)(F)C(F)(F)F)O[Si](C)(C)C. The molecule has 0 atom stereocenters. The van der Waals surface area contributed by atoms with Gasteiger partial charge in [-0.3, -0.25) is 0 Å². The van der Waals surface area contributed by atoms with E-state index in [2.05, 4.69) is 0 Å². The van der Waals surface area contributed by atoms with Gasteiger partial charge in [-0.15, -0.1) is 0 Å². The number of hydrogen-bond donors (Lipinski definition) is 0. The van der Waals surface area contributed by atoms with Gasteiger partial charge in [-0.1, -0.05) is 13.8 Å². The van der Waals surface area contributed by atoms with E-state index in [1.54, 1.807) is 0 Å². The summed E-state index contributed by atoms with van der Waals surface area (Å²) in [5.74, 6) is -79.8. The maximum Gasteiger partial charge on any atom is 0.460 e. The Morgan fingerprint density at radius 2 is 0.579 bits per heavy atom. The molecule has 0 heterocycles. The third-order valence-corrected chi connectivity index (χ3v) is 10.3. The molecule has 344 valence electrons. The van der Waals surface area contributed by atoms with E-state index in [9.17, 15) is 96.6 Å². The highest BCUT2D eigenvalue weighted by molar-refractivity contribution is 6.70. The van der Waals surface area contributed by atoms with Crippen molar-refractivity contribution >= 4 is 16.6 Å². The van der Waals surface area contributed by atoms with Crippen molar-refractivity contribution in [3.8, 4) is 0 Å². The largest absolute Gasteiger partial charge is 0.460 e. The van der Waals surface area contributed by atoms with Gasteiger partial charge in [0.2, 0.25) is 0 Å². The molecule has 0 saturated heterocycles. The lowest BCUT2D eigenvalue weighted by Crippen LogP contribution is -2.70. The molecule has 0 amide bonds. The van der Waals surface area contributed by atoms with Crippen LogP contribution < -0.4 is 0 Å². The van der Waals surface area contributed by atoms with Crippen molar-refractivity contribution in [2.24, 2.45) is 5.41 Å². The summed E-state index contributed by atoms with van der Waals surface area (Å²) >= 11 is 0. The first-order valence-electron chi connectivity index (χ1n) is 15.3. The molecule has 0 aromatic carbocycles. The van der Waals surface area contributed by atoms with Crippen molar-refractivity contribution in [3.05, 3.63) is 0 Å². The van der Waals surface area contributed by atoms with E-state index in [4.69, 9.17) is 8.85 Å². The van der Waals surface area contributed by atoms with Crippen LogP contribution in [0.2, 0.25) is 39.3 Å². The van der Waals surface area contributed by atoms with E-state index in [1.807, 2.05) is 0 Å². The van der Waals surface area contributed by atoms with Gasteiger partial charge in [0, 0.05) is 24.9 Å². The minimum Gasteiger partial charge on any atom is -0.417 e. The molecule has 0 rings (SSSR count). The van der Waals surface area contributed by atoms with Crippen LogP contribution in [0.3, 0.4) is 0 Å². The van der Waals surface area contributed by atoms with Gasteiger partial charge >= 0.3 is 71.6 Å². The molecule has 0 radical (unpaired) electrons. The van der Waals surface area contributed by atoms with E-state index in [-0.39, 0.29) is 0 Å². The lowest BCUT2D eigenvalue weighted by atomic mass is 9.69. The van der Waals surface area contributed by atoms with Crippen LogP contribution in [-0.4, -0.2) is 100 Å². The Hall–Kier alpha value is -1.47. The average Bonchev–Trinajstić information content (AvgIpc) is 2.94. The van der Waals surface area contributed by atoms with Crippen LogP contribution in [0.25, 0.3) is 0 Å². The van der Waals surface area contributed by atoms with Gasteiger partial charge in [-0.25, -0.2) is 0 Å². The van der Waals surface area contributed by atoms with Crippen LogP contribution >= 0.6 is 0 Å². The minimum atomic E-state index is -8.40. The number of halogens is 26. The Morgan fingerprint density at radius 3 is 0.789 bits per heavy atom. The molecular weight excluding hydrogens is 906 g/mol. The van der Waals surface area contributed by atoms with Crippen LogP contribution in [0, 0.1) is 5.41 Å². The predicted octanol–water partition coefficient (Wildman–Crippen LogP) is 13.5. The summed E-state index contributed by atoms with van der Waals surface area (Å²) in [6.45, 7) is 6.88. The number of rotatable bonds is 20. The van der Waals surface area contributed by atoms with Crippen molar-refractivity contribution in [3.63, 3.8) is 0 Å². The van der Waals surface area contributed by atoms with Crippen molar-refractivity contribution in [1.29, 1.82) is 0 Å². The van der Waals surface area contributed by atoms with E-state index < -0.39 is 132 Å². The molecule has 57 heavy (non-hydrogen) atoms. The molecule has 30 heteroatoms. The quantitative estimate of drug-likeness (QED) is 0.0894. The molecule has 0 aliphatic carbocycles. The molecule has 0 aromatic rings. The van der Waals surface area contributed by atoms with E-state index in [1.165, 1.54) is 19.6 Å². The van der Waals surface area contributed by atoms with Crippen molar-refractivity contribution in [1.82, 2.24) is 0 Å². The topological polar surface area (TPSA) is 18.5 Å². The van der Waals surface area contributed by atoms with Crippen LogP contribution in [0.1, 0.15) is 39.5 Å². The smallest absolute Gasteiger partial charge is 0.417 e. The second-order valence-corrected chi connectivity index (χ2v) is 24.4. The fraction of sp³-hybridized carbons (Fsp3) is 1.00. The highest BCUT2D eigenvalue weighted by atomic mass is 28.4. The van der Waals surface area contributed by atoms with Crippen molar-refractivity contribution in [2.45, 2.75) is 156 Å². The molecule has 2 nitrogen and oxygen atoms in total. The van der Waals surface area contributed by atoms with Crippen molar-refractivity contribution in [2.75, 3.05) is 6.61 Å². The Bertz CT molecular complexity index is 1290. The first-order valence-corrected chi connectivity index (χ1v) is 22.1. The third kappa shape index (κ3) is 9.70. The predicted molar refractivity (Wildman–Crippen MR) is 150 cm³/mol. The molecule has 0 unspecified atom stereocenters. The maximum absolute atomic E-state index is 15.0. The van der Waals surface area contributed by atoms with Gasteiger partial charge in [-0.05, 0) is 52.1 Å². The molecule has 0 aromatic heterocycles. The Kier molecular flexibility index (Phi) is 14.8. The molecule has 0 fully saturated rings. The Labute approximate surface area is 308 Å². The number of hydrogen-bond acceptors (Lipinski definition) is 2. The second kappa shape index (κ2) is 15.2. The molecule has 0 aliphatic rings. The molecular formula is C27H34F26O2Si2. The first-order chi connectivity index (χ1) is 24.1. The zero-order valence-electron chi connectivity index (χ0n) is 30.2. The standard InChI is InChI=1S/C27H34F26O2Si2/c1-14(2,13-54-56(3,4)5)15(55-57(6,7)8,9-11-16(28,29)18(32,33)20(36,37)22(40,41)24(44,45)26(48,49)50)10-12-17(30,31)19(34,35)21(38,39)23(42,43)25(46,47)27(51,52)53/h9-13H2,1-8H3. The molecule has 0 aliphatic heterocycles. The zero-order chi connectivity index (χ0) is 46.9. The minimum absolute atomic E-state index is 0.638. The summed E-state index contributed by atoms with van der Waals surface area (Å²) in [4.78, 5) is 0. The summed E-state index contributed by atoms with van der Waals surface area (Å²) in [7, 11) is -6.89. The van der Waals surface area contributed by atoms with Gasteiger partial charge in [0.05, 0.1) is 5.60 Å². The zero-order valence-corrected chi connectivity index (χ0v) is 32.2. The lowest BCUT2D eigenvalue weighted by molar-refractivity contribution is -0.441. The molecule has 0 N–H and O–H groups in total. The Balaban J connectivity index is 7.73. The molecule has 0 saturated carbocycles. The second-order valence-electron chi connectivity index (χ2n) is 15.5. The van der Waals surface area contributed by atoms with Crippen LogP contribution in [0.15, 0.2) is 0 Å². The normalized spacial score (nSPS) is 16.7. The van der Waals surface area contributed by atoms with Crippen LogP contribution in [0.5, 0.6) is 0 Å². The summed E-state index contributed by atoms with van der Waals surface area (Å²) in [6.07, 6.45) is -26.9. The summed E-state index contributed by atoms with van der Waals surface area (Å²) in [5, 5.41) is 0. The van der Waals surface area contributed by atoms with E-state index >= 15 is 17.6 Å². The summed E-state index contributed by atoms with van der Waals surface area (Å²) < 4.78 is 370. The highest BCUT2D eigenvalue weighted by Crippen LogP contribution is 2.63. The average molecular weight is 941 g/mol. The van der Waals surface area contributed by atoms with Gasteiger partial charge in [-0.2, -0.15) is 114 Å². The maximum atomic E-state index is 15.0. The van der Waals surface area contributed by atoms with Crippen LogP contribution in [0.4, 0.5) is 114 Å². The Morgan fingerprint density at radius 1 is 0.333 bits per heavy atom. The molecule has 0 spiro atoms. The van der Waals surface area contributed by atoms with Gasteiger partial charge in [0.15, 0.2) is 16.6 Å².